The lowest BCUT2D eigenvalue weighted by Gasteiger charge is -2.24. The lowest BCUT2D eigenvalue weighted by atomic mass is 9.99. The zero-order valence-electron chi connectivity index (χ0n) is 13.0. The molecule has 0 saturated carbocycles. The molecule has 126 valence electrons. The minimum Gasteiger partial charge on any atom is -0.381 e. The number of carbonyl (C=O) groups excluding carboxylic acids is 2. The summed E-state index contributed by atoms with van der Waals surface area (Å²) in [5, 5.41) is 2.71. The summed E-state index contributed by atoms with van der Waals surface area (Å²) < 4.78 is 32.8. The van der Waals surface area contributed by atoms with Crippen molar-refractivity contribution >= 4 is 17.5 Å². The SMILES string of the molecule is CC(=O)N(CCNC(=O)C1CCOCC1)c1c(F)cccc1F. The van der Waals surface area contributed by atoms with E-state index in [9.17, 15) is 18.4 Å². The number of benzene rings is 1. The number of rotatable bonds is 5. The van der Waals surface area contributed by atoms with E-state index in [1.807, 2.05) is 0 Å². The van der Waals surface area contributed by atoms with Gasteiger partial charge in [0.05, 0.1) is 0 Å². The summed E-state index contributed by atoms with van der Waals surface area (Å²) in [6.07, 6.45) is 1.31. The monoisotopic (exact) mass is 326 g/mol. The van der Waals surface area contributed by atoms with E-state index in [0.29, 0.717) is 26.1 Å². The van der Waals surface area contributed by atoms with Crippen LogP contribution in [0.3, 0.4) is 0 Å². The van der Waals surface area contributed by atoms with Gasteiger partial charge in [0.15, 0.2) is 0 Å². The lowest BCUT2D eigenvalue weighted by molar-refractivity contribution is -0.127. The molecule has 0 spiro atoms. The molecule has 1 saturated heterocycles. The van der Waals surface area contributed by atoms with Gasteiger partial charge in [0, 0.05) is 39.1 Å². The van der Waals surface area contributed by atoms with Crippen LogP contribution >= 0.6 is 0 Å². The Kier molecular flexibility index (Phi) is 6.04. The molecule has 1 aliphatic heterocycles. The van der Waals surface area contributed by atoms with Crippen molar-refractivity contribution in [2.24, 2.45) is 5.92 Å². The number of nitrogens with one attached hydrogen (secondary N) is 1. The molecule has 1 N–H and O–H groups in total. The highest BCUT2D eigenvalue weighted by atomic mass is 19.1. The Hall–Kier alpha value is -2.02. The van der Waals surface area contributed by atoms with Crippen LogP contribution in [0.4, 0.5) is 14.5 Å². The number of amides is 2. The molecule has 0 unspecified atom stereocenters. The van der Waals surface area contributed by atoms with Gasteiger partial charge in [-0.1, -0.05) is 6.07 Å². The fourth-order valence-corrected chi connectivity index (χ4v) is 2.57. The molecular weight excluding hydrogens is 306 g/mol. The van der Waals surface area contributed by atoms with E-state index >= 15 is 0 Å². The second-order valence-electron chi connectivity index (χ2n) is 5.42. The fraction of sp³-hybridized carbons (Fsp3) is 0.500. The summed E-state index contributed by atoms with van der Waals surface area (Å²) in [6.45, 7) is 2.47. The lowest BCUT2D eigenvalue weighted by Crippen LogP contribution is -2.41. The Bertz CT molecular complexity index is 554. The van der Waals surface area contributed by atoms with E-state index in [-0.39, 0.29) is 30.6 Å². The fourth-order valence-electron chi connectivity index (χ4n) is 2.57. The highest BCUT2D eigenvalue weighted by Gasteiger charge is 2.23. The topological polar surface area (TPSA) is 58.6 Å². The number of para-hydroxylation sites is 1. The van der Waals surface area contributed by atoms with Gasteiger partial charge in [0.1, 0.15) is 17.3 Å². The Balaban J connectivity index is 1.95. The average Bonchev–Trinajstić information content (AvgIpc) is 2.53. The molecule has 1 aromatic carbocycles. The van der Waals surface area contributed by atoms with Gasteiger partial charge in [0.25, 0.3) is 0 Å². The number of hydrogen-bond acceptors (Lipinski definition) is 3. The third kappa shape index (κ3) is 4.48. The van der Waals surface area contributed by atoms with Crippen molar-refractivity contribution in [2.45, 2.75) is 19.8 Å². The number of nitrogens with zero attached hydrogens (tertiary/aromatic N) is 1. The highest BCUT2D eigenvalue weighted by molar-refractivity contribution is 5.91. The highest BCUT2D eigenvalue weighted by Crippen LogP contribution is 2.23. The Labute approximate surface area is 133 Å². The van der Waals surface area contributed by atoms with Crippen LogP contribution in [0.15, 0.2) is 18.2 Å². The quantitative estimate of drug-likeness (QED) is 0.898. The number of ether oxygens (including phenoxy) is 1. The van der Waals surface area contributed by atoms with Gasteiger partial charge in [-0.05, 0) is 25.0 Å². The summed E-state index contributed by atoms with van der Waals surface area (Å²) >= 11 is 0. The smallest absolute Gasteiger partial charge is 0.224 e. The van der Waals surface area contributed by atoms with Gasteiger partial charge < -0.3 is 15.0 Å². The molecule has 5 nitrogen and oxygen atoms in total. The van der Waals surface area contributed by atoms with Crippen LogP contribution in [0.5, 0.6) is 0 Å². The average molecular weight is 326 g/mol. The minimum absolute atomic E-state index is 0.00213. The number of halogens is 2. The molecule has 1 aromatic rings. The third-order valence-corrected chi connectivity index (χ3v) is 3.81. The largest absolute Gasteiger partial charge is 0.381 e. The van der Waals surface area contributed by atoms with Crippen molar-refractivity contribution < 1.29 is 23.1 Å². The van der Waals surface area contributed by atoms with E-state index in [1.54, 1.807) is 0 Å². The summed E-state index contributed by atoms with van der Waals surface area (Å²) in [5.41, 5.74) is -0.389. The standard InChI is InChI=1S/C16H20F2N2O3/c1-11(21)20(15-13(17)3-2-4-14(15)18)8-7-19-16(22)12-5-9-23-10-6-12/h2-4,12H,5-10H2,1H3,(H,19,22). The summed E-state index contributed by atoms with van der Waals surface area (Å²) in [6, 6.07) is 3.42. The zero-order chi connectivity index (χ0) is 16.8. The molecule has 0 aromatic heterocycles. The molecule has 2 rings (SSSR count). The zero-order valence-corrected chi connectivity index (χ0v) is 13.0. The van der Waals surface area contributed by atoms with Crippen LogP contribution in [0.25, 0.3) is 0 Å². The van der Waals surface area contributed by atoms with Gasteiger partial charge in [-0.15, -0.1) is 0 Å². The van der Waals surface area contributed by atoms with Crippen molar-refractivity contribution in [1.82, 2.24) is 5.32 Å². The van der Waals surface area contributed by atoms with Crippen LogP contribution in [-0.4, -0.2) is 38.1 Å². The maximum atomic E-state index is 13.8. The molecule has 0 aliphatic carbocycles. The van der Waals surface area contributed by atoms with Gasteiger partial charge in [-0.2, -0.15) is 0 Å². The first kappa shape index (κ1) is 17.3. The van der Waals surface area contributed by atoms with Gasteiger partial charge in [-0.25, -0.2) is 8.78 Å². The number of carbonyl (C=O) groups is 2. The van der Waals surface area contributed by atoms with Crippen LogP contribution < -0.4 is 10.2 Å². The summed E-state index contributed by atoms with van der Waals surface area (Å²) in [5.74, 6) is -2.34. The number of hydrogen-bond donors (Lipinski definition) is 1. The maximum absolute atomic E-state index is 13.8. The first-order chi connectivity index (χ1) is 11.0. The molecule has 1 heterocycles. The molecule has 0 atom stereocenters. The van der Waals surface area contributed by atoms with Crippen molar-refractivity contribution in [1.29, 1.82) is 0 Å². The van der Waals surface area contributed by atoms with E-state index in [0.717, 1.165) is 17.0 Å². The molecule has 2 amide bonds. The Morgan fingerprint density at radius 2 is 1.87 bits per heavy atom. The summed E-state index contributed by atoms with van der Waals surface area (Å²) in [4.78, 5) is 24.7. The number of anilines is 1. The molecule has 0 bridgehead atoms. The Morgan fingerprint density at radius 3 is 2.43 bits per heavy atom. The first-order valence-electron chi connectivity index (χ1n) is 7.58. The molecule has 7 heteroatoms. The maximum Gasteiger partial charge on any atom is 0.224 e. The van der Waals surface area contributed by atoms with Crippen LogP contribution in [0.2, 0.25) is 0 Å². The predicted octanol–water partition coefficient (Wildman–Crippen LogP) is 1.86. The second kappa shape index (κ2) is 8.01. The van der Waals surface area contributed by atoms with Crippen molar-refractivity contribution in [3.05, 3.63) is 29.8 Å². The third-order valence-electron chi connectivity index (χ3n) is 3.81. The van der Waals surface area contributed by atoms with Gasteiger partial charge in [0.2, 0.25) is 11.8 Å². The Morgan fingerprint density at radius 1 is 1.26 bits per heavy atom. The molecule has 1 aliphatic rings. The predicted molar refractivity (Wildman–Crippen MR) is 80.9 cm³/mol. The van der Waals surface area contributed by atoms with E-state index in [4.69, 9.17) is 4.74 Å². The summed E-state index contributed by atoms with van der Waals surface area (Å²) in [7, 11) is 0. The van der Waals surface area contributed by atoms with Crippen LogP contribution in [-0.2, 0) is 14.3 Å². The second-order valence-corrected chi connectivity index (χ2v) is 5.42. The van der Waals surface area contributed by atoms with Crippen molar-refractivity contribution in [3.63, 3.8) is 0 Å². The normalized spacial score (nSPS) is 15.3. The van der Waals surface area contributed by atoms with E-state index < -0.39 is 17.5 Å². The first-order valence-corrected chi connectivity index (χ1v) is 7.58. The molecule has 0 radical (unpaired) electrons. The molecule has 23 heavy (non-hydrogen) atoms. The minimum atomic E-state index is -0.809. The van der Waals surface area contributed by atoms with Gasteiger partial charge in [-0.3, -0.25) is 9.59 Å². The van der Waals surface area contributed by atoms with E-state index in [2.05, 4.69) is 5.32 Å². The van der Waals surface area contributed by atoms with E-state index in [1.165, 1.54) is 13.0 Å². The van der Waals surface area contributed by atoms with Gasteiger partial charge >= 0.3 is 0 Å². The van der Waals surface area contributed by atoms with Crippen LogP contribution in [0.1, 0.15) is 19.8 Å². The van der Waals surface area contributed by atoms with Crippen LogP contribution in [0, 0.1) is 17.6 Å². The van der Waals surface area contributed by atoms with Crippen molar-refractivity contribution in [3.8, 4) is 0 Å². The molecular formula is C16H20F2N2O3. The molecule has 1 fully saturated rings. The van der Waals surface area contributed by atoms with Crippen molar-refractivity contribution in [2.75, 3.05) is 31.2 Å².